The Labute approximate surface area is 197 Å². The molecule has 0 aliphatic heterocycles. The Hall–Kier alpha value is -3.56. The Balaban J connectivity index is 1.53. The molecule has 3 rings (SSSR count). The second-order valence-electron chi connectivity index (χ2n) is 7.77. The maximum atomic E-state index is 11.8. The van der Waals surface area contributed by atoms with Gasteiger partial charge in [-0.15, -0.1) is 0 Å². The summed E-state index contributed by atoms with van der Waals surface area (Å²) in [5, 5.41) is 14.2. The summed E-state index contributed by atoms with van der Waals surface area (Å²) in [5.41, 5.74) is 1.23. The van der Waals surface area contributed by atoms with Crippen LogP contribution in [0, 0.1) is 0 Å². The average Bonchev–Trinajstić information content (AvgIpc) is 2.83. The molecule has 0 radical (unpaired) electrons. The molecule has 3 aromatic rings. The van der Waals surface area contributed by atoms with Gasteiger partial charge in [0.15, 0.2) is 17.3 Å². The van der Waals surface area contributed by atoms with E-state index in [0.29, 0.717) is 47.0 Å². The number of hydrogen-bond acceptors (Lipinski definition) is 8. The van der Waals surface area contributed by atoms with Crippen molar-refractivity contribution in [1.29, 1.82) is 0 Å². The van der Waals surface area contributed by atoms with Crippen LogP contribution in [0.3, 0.4) is 0 Å². The Morgan fingerprint density at radius 2 is 1.74 bits per heavy atom. The van der Waals surface area contributed by atoms with Crippen LogP contribution in [0.1, 0.15) is 12.5 Å². The zero-order valence-electron chi connectivity index (χ0n) is 19.6. The Morgan fingerprint density at radius 1 is 1.00 bits per heavy atom. The summed E-state index contributed by atoms with van der Waals surface area (Å²) < 4.78 is 21.9. The number of fused-ring (bicyclic) bond motifs is 1. The highest BCUT2D eigenvalue weighted by Gasteiger charge is 2.12. The van der Waals surface area contributed by atoms with Crippen LogP contribution in [0.25, 0.3) is 10.9 Å². The van der Waals surface area contributed by atoms with Crippen LogP contribution in [0.2, 0.25) is 0 Å². The van der Waals surface area contributed by atoms with Gasteiger partial charge in [0.25, 0.3) is 0 Å². The molecule has 0 aliphatic rings. The van der Waals surface area contributed by atoms with Crippen molar-refractivity contribution in [2.24, 2.45) is 0 Å². The van der Waals surface area contributed by atoms with Crippen molar-refractivity contribution in [1.82, 2.24) is 10.3 Å². The molecule has 1 heterocycles. The lowest BCUT2D eigenvalue weighted by Gasteiger charge is -2.16. The summed E-state index contributed by atoms with van der Waals surface area (Å²) in [7, 11) is 3.20. The normalized spacial score (nSPS) is 11.8. The fourth-order valence-corrected chi connectivity index (χ4v) is 3.41. The van der Waals surface area contributed by atoms with Crippen LogP contribution < -0.4 is 29.8 Å². The molecular weight excluding hydrogens is 440 g/mol. The van der Waals surface area contributed by atoms with Crippen molar-refractivity contribution >= 4 is 16.7 Å². The number of carbonyl (C=O) groups is 1. The van der Waals surface area contributed by atoms with Gasteiger partial charge in [-0.25, -0.2) is 0 Å². The maximum Gasteiger partial charge on any atom is 0.248 e. The molecule has 1 atom stereocenters. The minimum Gasteiger partial charge on any atom is -0.493 e. The molecule has 182 valence electrons. The lowest BCUT2D eigenvalue weighted by Crippen LogP contribution is -2.32. The summed E-state index contributed by atoms with van der Waals surface area (Å²) in [6.45, 7) is 2.40. The van der Waals surface area contributed by atoms with Gasteiger partial charge in [0.2, 0.25) is 5.56 Å². The minimum absolute atomic E-state index is 0.0607. The first-order valence-corrected chi connectivity index (χ1v) is 10.9. The van der Waals surface area contributed by atoms with Gasteiger partial charge in [-0.1, -0.05) is 6.07 Å². The molecule has 0 spiro atoms. The smallest absolute Gasteiger partial charge is 0.248 e. The van der Waals surface area contributed by atoms with E-state index >= 15 is 0 Å². The van der Waals surface area contributed by atoms with Gasteiger partial charge in [0.05, 0.1) is 19.7 Å². The lowest BCUT2D eigenvalue weighted by atomic mass is 10.1. The first-order chi connectivity index (χ1) is 16.4. The number of carbonyl (C=O) groups excluding carboxylic acids is 1. The van der Waals surface area contributed by atoms with Gasteiger partial charge < -0.3 is 34.4 Å². The number of H-pyrrole nitrogens is 1. The molecule has 9 nitrogen and oxygen atoms in total. The number of ether oxygens (including phenoxy) is 4. The van der Waals surface area contributed by atoms with E-state index in [4.69, 9.17) is 18.9 Å². The van der Waals surface area contributed by atoms with E-state index in [0.717, 1.165) is 12.0 Å². The third kappa shape index (κ3) is 6.72. The second kappa shape index (κ2) is 12.1. The SMILES string of the molecule is COc1ccc(CCNCC(O)COc2ccc(OCC(C)=O)c3[nH]c(=O)ccc23)cc1OC. The number of benzene rings is 2. The molecule has 0 amide bonds. The minimum atomic E-state index is -0.739. The Morgan fingerprint density at radius 3 is 2.47 bits per heavy atom. The number of aliphatic hydroxyl groups is 1. The highest BCUT2D eigenvalue weighted by atomic mass is 16.5. The zero-order valence-corrected chi connectivity index (χ0v) is 19.6. The van der Waals surface area contributed by atoms with Crippen molar-refractivity contribution in [3.63, 3.8) is 0 Å². The van der Waals surface area contributed by atoms with Crippen LogP contribution in [0.15, 0.2) is 47.3 Å². The van der Waals surface area contributed by atoms with Crippen molar-refractivity contribution < 1.29 is 28.8 Å². The molecule has 1 unspecified atom stereocenters. The molecule has 1 aromatic heterocycles. The molecule has 0 aliphatic carbocycles. The molecule has 0 bridgehead atoms. The van der Waals surface area contributed by atoms with Gasteiger partial charge >= 0.3 is 0 Å². The van der Waals surface area contributed by atoms with Gasteiger partial charge in [-0.05, 0) is 55.8 Å². The van der Waals surface area contributed by atoms with Crippen LogP contribution in [0.4, 0.5) is 0 Å². The van der Waals surface area contributed by atoms with Gasteiger partial charge in [-0.3, -0.25) is 9.59 Å². The Bertz CT molecular complexity index is 1180. The van der Waals surface area contributed by atoms with E-state index in [1.54, 1.807) is 32.4 Å². The van der Waals surface area contributed by atoms with Crippen molar-refractivity contribution in [2.45, 2.75) is 19.4 Å². The number of methoxy groups -OCH3 is 2. The van der Waals surface area contributed by atoms with E-state index in [-0.39, 0.29) is 24.6 Å². The summed E-state index contributed by atoms with van der Waals surface area (Å²) in [6.07, 6.45) is 0.0186. The number of aromatic amines is 1. The van der Waals surface area contributed by atoms with E-state index in [2.05, 4.69) is 10.3 Å². The highest BCUT2D eigenvalue weighted by Crippen LogP contribution is 2.31. The number of nitrogens with one attached hydrogen (secondary N) is 2. The van der Waals surface area contributed by atoms with E-state index < -0.39 is 6.10 Å². The topological polar surface area (TPSA) is 119 Å². The first-order valence-electron chi connectivity index (χ1n) is 10.9. The number of hydrogen-bond donors (Lipinski definition) is 3. The molecular formula is C25H30N2O7. The van der Waals surface area contributed by atoms with Gasteiger partial charge in [-0.2, -0.15) is 0 Å². The third-order valence-electron chi connectivity index (χ3n) is 5.10. The largest absolute Gasteiger partial charge is 0.493 e. The molecule has 3 N–H and O–H groups in total. The fourth-order valence-electron chi connectivity index (χ4n) is 3.41. The highest BCUT2D eigenvalue weighted by molar-refractivity contribution is 5.90. The van der Waals surface area contributed by atoms with Crippen molar-refractivity contribution in [2.75, 3.05) is 40.5 Å². The predicted octanol–water partition coefficient (Wildman–Crippen LogP) is 2.09. The fraction of sp³-hybridized carbons (Fsp3) is 0.360. The van der Waals surface area contributed by atoms with Crippen molar-refractivity contribution in [3.05, 3.63) is 58.4 Å². The standard InChI is InChI=1S/C25H30N2O7/c1-16(28)14-33-22-8-7-20(19-5-9-24(30)27-25(19)22)34-15-18(29)13-26-11-10-17-4-6-21(31-2)23(12-17)32-3/h4-9,12,18,26,29H,10-11,13-15H2,1-3H3,(H,27,30). The van der Waals surface area contributed by atoms with E-state index in [9.17, 15) is 14.7 Å². The average molecular weight is 471 g/mol. The van der Waals surface area contributed by atoms with Crippen LogP contribution in [0.5, 0.6) is 23.0 Å². The molecule has 0 saturated heterocycles. The molecule has 0 saturated carbocycles. The van der Waals surface area contributed by atoms with E-state index in [1.165, 1.54) is 13.0 Å². The summed E-state index contributed by atoms with van der Waals surface area (Å²) in [4.78, 5) is 25.7. The van der Waals surface area contributed by atoms with Crippen LogP contribution >= 0.6 is 0 Å². The number of rotatable bonds is 13. The first kappa shape index (κ1) is 25.1. The van der Waals surface area contributed by atoms with Crippen molar-refractivity contribution in [3.8, 4) is 23.0 Å². The Kier molecular flexibility index (Phi) is 8.89. The third-order valence-corrected chi connectivity index (χ3v) is 5.10. The number of pyridine rings is 1. The number of aromatic nitrogens is 1. The van der Waals surface area contributed by atoms with E-state index in [1.807, 2.05) is 18.2 Å². The number of aliphatic hydroxyl groups excluding tert-OH is 1. The summed E-state index contributed by atoms with van der Waals surface area (Å²) in [6, 6.07) is 12.1. The zero-order chi connectivity index (χ0) is 24.5. The second-order valence-corrected chi connectivity index (χ2v) is 7.77. The molecule has 34 heavy (non-hydrogen) atoms. The van der Waals surface area contributed by atoms with Gasteiger partial charge in [0, 0.05) is 18.0 Å². The summed E-state index contributed by atoms with van der Waals surface area (Å²) in [5.74, 6) is 2.11. The van der Waals surface area contributed by atoms with Crippen LogP contribution in [-0.4, -0.2) is 62.5 Å². The van der Waals surface area contributed by atoms with Crippen LogP contribution in [-0.2, 0) is 11.2 Å². The summed E-state index contributed by atoms with van der Waals surface area (Å²) >= 11 is 0. The number of ketones is 1. The molecule has 2 aromatic carbocycles. The van der Waals surface area contributed by atoms with Gasteiger partial charge in [0.1, 0.15) is 30.8 Å². The molecule has 9 heteroatoms. The quantitative estimate of drug-likeness (QED) is 0.325. The predicted molar refractivity (Wildman–Crippen MR) is 128 cm³/mol. The number of Topliss-reactive ketones (excluding diaryl/α,β-unsaturated/α-hetero) is 1. The lowest BCUT2D eigenvalue weighted by molar-refractivity contribution is -0.118. The maximum absolute atomic E-state index is 11.8. The monoisotopic (exact) mass is 470 g/mol. The molecule has 0 fully saturated rings.